The molecule has 1 rings (SSSR count). The molecule has 2 N–H and O–H groups in total. The molecule has 0 fully saturated rings. The van der Waals surface area contributed by atoms with Gasteiger partial charge in [0.05, 0.1) is 5.92 Å². The number of sulfonamides is 1. The molecule has 6 nitrogen and oxygen atoms in total. The summed E-state index contributed by atoms with van der Waals surface area (Å²) in [6.45, 7) is 1.72. The molecule has 1 aromatic heterocycles. The van der Waals surface area contributed by atoms with E-state index in [1.54, 1.807) is 0 Å². The Hall–Kier alpha value is -0.990. The van der Waals surface area contributed by atoms with Crippen LogP contribution in [0.15, 0.2) is 27.8 Å². The van der Waals surface area contributed by atoms with E-state index in [0.29, 0.717) is 17.3 Å². The molecule has 1 unspecified atom stereocenters. The molecule has 1 heterocycles. The maximum Gasteiger partial charge on any atom is 0.307 e. The second-order valence-electron chi connectivity index (χ2n) is 4.01. The van der Waals surface area contributed by atoms with Gasteiger partial charge >= 0.3 is 5.97 Å². The molecule has 0 amide bonds. The Kier molecular flexibility index (Phi) is 5.89. The van der Waals surface area contributed by atoms with Gasteiger partial charge in [-0.1, -0.05) is 13.3 Å². The van der Waals surface area contributed by atoms with Gasteiger partial charge in [0.2, 0.25) is 10.0 Å². The molecule has 0 radical (unpaired) electrons. The molecule has 8 heteroatoms. The van der Waals surface area contributed by atoms with Crippen LogP contribution in [-0.2, 0) is 14.8 Å². The first kappa shape index (κ1) is 16.1. The predicted octanol–water partition coefficient (Wildman–Crippen LogP) is 1.62. The van der Waals surface area contributed by atoms with Gasteiger partial charge in [-0.2, -0.15) is 0 Å². The SMILES string of the molecule is CCCC(CNS(=O)(=O)c1cncc(Br)c1)C(=O)O. The summed E-state index contributed by atoms with van der Waals surface area (Å²) < 4.78 is 26.7. The number of pyridine rings is 1. The topological polar surface area (TPSA) is 96.4 Å². The van der Waals surface area contributed by atoms with Crippen LogP contribution in [0.1, 0.15) is 19.8 Å². The van der Waals surface area contributed by atoms with E-state index in [2.05, 4.69) is 25.6 Å². The number of aromatic nitrogens is 1. The minimum atomic E-state index is -3.74. The van der Waals surface area contributed by atoms with Crippen LogP contribution in [0, 0.1) is 5.92 Å². The fraction of sp³-hybridized carbons (Fsp3) is 0.455. The van der Waals surface area contributed by atoms with E-state index in [-0.39, 0.29) is 11.4 Å². The zero-order valence-electron chi connectivity index (χ0n) is 10.3. The Morgan fingerprint density at radius 2 is 2.21 bits per heavy atom. The third-order valence-electron chi connectivity index (χ3n) is 2.50. The predicted molar refractivity (Wildman–Crippen MR) is 73.2 cm³/mol. The van der Waals surface area contributed by atoms with Gasteiger partial charge in [-0.05, 0) is 28.4 Å². The summed E-state index contributed by atoms with van der Waals surface area (Å²) in [5, 5.41) is 8.96. The lowest BCUT2D eigenvalue weighted by Gasteiger charge is -2.12. The summed E-state index contributed by atoms with van der Waals surface area (Å²) in [5.74, 6) is -1.73. The van der Waals surface area contributed by atoms with Gasteiger partial charge in [-0.15, -0.1) is 0 Å². The summed E-state index contributed by atoms with van der Waals surface area (Å²) in [6, 6.07) is 1.41. The van der Waals surface area contributed by atoms with Crippen molar-refractivity contribution in [1.82, 2.24) is 9.71 Å². The van der Waals surface area contributed by atoms with Crippen molar-refractivity contribution in [3.05, 3.63) is 22.9 Å². The number of rotatable bonds is 7. The molecular weight excluding hydrogens is 336 g/mol. The van der Waals surface area contributed by atoms with E-state index in [4.69, 9.17) is 5.11 Å². The van der Waals surface area contributed by atoms with Crippen molar-refractivity contribution in [1.29, 1.82) is 0 Å². The Morgan fingerprint density at radius 1 is 1.53 bits per heavy atom. The van der Waals surface area contributed by atoms with Crippen molar-refractivity contribution < 1.29 is 18.3 Å². The lowest BCUT2D eigenvalue weighted by molar-refractivity contribution is -0.141. The van der Waals surface area contributed by atoms with E-state index >= 15 is 0 Å². The van der Waals surface area contributed by atoms with E-state index in [9.17, 15) is 13.2 Å². The van der Waals surface area contributed by atoms with Crippen molar-refractivity contribution in [2.75, 3.05) is 6.54 Å². The van der Waals surface area contributed by atoms with Crippen LogP contribution >= 0.6 is 15.9 Å². The molecule has 19 heavy (non-hydrogen) atoms. The minimum Gasteiger partial charge on any atom is -0.481 e. The molecule has 1 atom stereocenters. The number of hydrogen-bond acceptors (Lipinski definition) is 4. The molecular formula is C11H15BrN2O4S. The molecule has 0 aromatic carbocycles. The Labute approximate surface area is 120 Å². The number of carboxylic acids is 1. The summed E-state index contributed by atoms with van der Waals surface area (Å²) in [4.78, 5) is 14.7. The van der Waals surface area contributed by atoms with Gasteiger partial charge in [0.25, 0.3) is 0 Å². The van der Waals surface area contributed by atoms with Crippen LogP contribution in [0.2, 0.25) is 0 Å². The molecule has 0 aliphatic carbocycles. The number of halogens is 1. The Morgan fingerprint density at radius 3 is 2.74 bits per heavy atom. The molecule has 0 bridgehead atoms. The maximum absolute atomic E-state index is 12.0. The monoisotopic (exact) mass is 350 g/mol. The van der Waals surface area contributed by atoms with Crippen molar-refractivity contribution >= 4 is 31.9 Å². The van der Waals surface area contributed by atoms with Crippen LogP contribution in [0.3, 0.4) is 0 Å². The highest BCUT2D eigenvalue weighted by molar-refractivity contribution is 9.10. The van der Waals surface area contributed by atoms with Gasteiger partial charge in [0, 0.05) is 23.4 Å². The molecule has 0 spiro atoms. The summed E-state index contributed by atoms with van der Waals surface area (Å²) in [7, 11) is -3.74. The number of carbonyl (C=O) groups is 1. The molecule has 0 saturated heterocycles. The Bertz CT molecular complexity index is 547. The minimum absolute atomic E-state index is 0.00233. The van der Waals surface area contributed by atoms with Gasteiger partial charge in [-0.25, -0.2) is 13.1 Å². The van der Waals surface area contributed by atoms with Crippen molar-refractivity contribution in [2.45, 2.75) is 24.7 Å². The zero-order chi connectivity index (χ0) is 14.5. The van der Waals surface area contributed by atoms with Crippen LogP contribution in [0.4, 0.5) is 0 Å². The zero-order valence-corrected chi connectivity index (χ0v) is 12.7. The number of carboxylic acid groups (broad SMARTS) is 1. The summed E-state index contributed by atoms with van der Waals surface area (Å²) in [5.41, 5.74) is 0. The van der Waals surface area contributed by atoms with Gasteiger partial charge in [-0.3, -0.25) is 9.78 Å². The fourth-order valence-electron chi connectivity index (χ4n) is 1.49. The summed E-state index contributed by atoms with van der Waals surface area (Å²) in [6.07, 6.45) is 3.78. The smallest absolute Gasteiger partial charge is 0.307 e. The fourth-order valence-corrected chi connectivity index (χ4v) is 3.08. The summed E-state index contributed by atoms with van der Waals surface area (Å²) >= 11 is 3.13. The molecule has 0 aliphatic heterocycles. The molecule has 0 aliphatic rings. The van der Waals surface area contributed by atoms with E-state index in [1.165, 1.54) is 18.5 Å². The highest BCUT2D eigenvalue weighted by atomic mass is 79.9. The molecule has 0 saturated carbocycles. The average molecular weight is 351 g/mol. The number of aliphatic carboxylic acids is 1. The van der Waals surface area contributed by atoms with Gasteiger partial charge in [0.15, 0.2) is 0 Å². The lowest BCUT2D eigenvalue weighted by atomic mass is 10.1. The van der Waals surface area contributed by atoms with E-state index < -0.39 is 21.9 Å². The largest absolute Gasteiger partial charge is 0.481 e. The second kappa shape index (κ2) is 6.97. The quantitative estimate of drug-likeness (QED) is 0.778. The Balaban J connectivity index is 2.77. The normalized spacial score (nSPS) is 13.2. The third kappa shape index (κ3) is 4.88. The third-order valence-corrected chi connectivity index (χ3v) is 4.32. The standard InChI is InChI=1S/C11H15BrN2O4S/c1-2-3-8(11(15)16)5-14-19(17,18)10-4-9(12)6-13-7-10/h4,6-8,14H,2-3,5H2,1H3,(H,15,16). The molecule has 106 valence electrons. The van der Waals surface area contributed by atoms with E-state index in [0.717, 1.165) is 0 Å². The highest BCUT2D eigenvalue weighted by Crippen LogP contribution is 2.14. The van der Waals surface area contributed by atoms with Crippen molar-refractivity contribution in [3.8, 4) is 0 Å². The van der Waals surface area contributed by atoms with Gasteiger partial charge in [0.1, 0.15) is 4.90 Å². The first-order valence-corrected chi connectivity index (χ1v) is 7.97. The van der Waals surface area contributed by atoms with Crippen molar-refractivity contribution in [3.63, 3.8) is 0 Å². The van der Waals surface area contributed by atoms with Crippen molar-refractivity contribution in [2.24, 2.45) is 5.92 Å². The number of nitrogens with one attached hydrogen (secondary N) is 1. The van der Waals surface area contributed by atoms with Crippen LogP contribution < -0.4 is 4.72 Å². The van der Waals surface area contributed by atoms with Crippen LogP contribution in [0.25, 0.3) is 0 Å². The number of hydrogen-bond donors (Lipinski definition) is 2. The maximum atomic E-state index is 12.0. The lowest BCUT2D eigenvalue weighted by Crippen LogP contribution is -2.33. The highest BCUT2D eigenvalue weighted by Gasteiger charge is 2.21. The van der Waals surface area contributed by atoms with E-state index in [1.807, 2.05) is 6.92 Å². The van der Waals surface area contributed by atoms with Gasteiger partial charge < -0.3 is 5.11 Å². The average Bonchev–Trinajstić information content (AvgIpc) is 2.34. The first-order valence-electron chi connectivity index (χ1n) is 5.70. The van der Waals surface area contributed by atoms with Crippen LogP contribution in [0.5, 0.6) is 0 Å². The molecule has 1 aromatic rings. The second-order valence-corrected chi connectivity index (χ2v) is 6.70. The first-order chi connectivity index (χ1) is 8.86. The number of nitrogens with zero attached hydrogens (tertiary/aromatic N) is 1. The van der Waals surface area contributed by atoms with Crippen LogP contribution in [-0.4, -0.2) is 31.0 Å².